The smallest absolute Gasteiger partial charge is 0.407 e. The van der Waals surface area contributed by atoms with Gasteiger partial charge in [0.1, 0.15) is 17.8 Å². The van der Waals surface area contributed by atoms with Crippen molar-refractivity contribution in [2.45, 2.75) is 25.3 Å². The molecule has 2 aromatic heterocycles. The summed E-state index contributed by atoms with van der Waals surface area (Å²) in [4.78, 5) is 47.9. The van der Waals surface area contributed by atoms with Crippen LogP contribution in [0, 0.1) is 0 Å². The first-order chi connectivity index (χ1) is 16.2. The van der Waals surface area contributed by atoms with E-state index in [0.29, 0.717) is 41.8 Å². The minimum atomic E-state index is -0.969. The van der Waals surface area contributed by atoms with E-state index in [-0.39, 0.29) is 30.1 Å². The van der Waals surface area contributed by atoms with Crippen LogP contribution >= 0.6 is 0 Å². The van der Waals surface area contributed by atoms with Crippen LogP contribution in [0.4, 0.5) is 16.3 Å². The van der Waals surface area contributed by atoms with Crippen molar-refractivity contribution < 1.29 is 19.5 Å². The van der Waals surface area contributed by atoms with Crippen molar-refractivity contribution in [3.63, 3.8) is 0 Å². The number of amides is 3. The number of nitrogens with two attached hydrogens (primary N) is 1. The quantitative estimate of drug-likeness (QED) is 0.523. The third kappa shape index (κ3) is 4.63. The maximum Gasteiger partial charge on any atom is 0.407 e. The number of carbonyl (C=O) groups is 3. The van der Waals surface area contributed by atoms with Gasteiger partial charge in [0.2, 0.25) is 5.91 Å². The fourth-order valence-electron chi connectivity index (χ4n) is 4.15. The van der Waals surface area contributed by atoms with Gasteiger partial charge in [0.25, 0.3) is 5.91 Å². The molecule has 0 aliphatic carbocycles. The first-order valence-electron chi connectivity index (χ1n) is 10.9. The van der Waals surface area contributed by atoms with E-state index in [1.807, 2.05) is 4.57 Å². The van der Waals surface area contributed by atoms with Gasteiger partial charge in [-0.2, -0.15) is 0 Å². The molecule has 3 amide bonds. The van der Waals surface area contributed by atoms with E-state index in [9.17, 15) is 19.5 Å². The molecule has 3 aromatic rings. The molecule has 0 radical (unpaired) electrons. The third-order valence-electron chi connectivity index (χ3n) is 6.01. The molecule has 1 aliphatic rings. The number of likely N-dealkylation sites (tertiary alicyclic amines) is 1. The van der Waals surface area contributed by atoms with Crippen molar-refractivity contribution in [3.05, 3.63) is 47.9 Å². The highest BCUT2D eigenvalue weighted by molar-refractivity contribution is 6.14. The van der Waals surface area contributed by atoms with Crippen LogP contribution in [0.2, 0.25) is 0 Å². The second kappa shape index (κ2) is 9.38. The number of anilines is 2. The molecule has 0 saturated carbocycles. The van der Waals surface area contributed by atoms with Crippen LogP contribution in [0.1, 0.15) is 34.8 Å². The topological polar surface area (TPSA) is 147 Å². The minimum Gasteiger partial charge on any atom is -0.465 e. The molecule has 0 bridgehead atoms. The lowest BCUT2D eigenvalue weighted by atomic mass is 10.1. The van der Waals surface area contributed by atoms with Crippen LogP contribution < -0.4 is 11.1 Å². The van der Waals surface area contributed by atoms with Crippen LogP contribution in [-0.2, 0) is 11.2 Å². The first kappa shape index (κ1) is 23.0. The average molecular weight is 466 g/mol. The molecule has 0 spiro atoms. The second-order valence-electron chi connectivity index (χ2n) is 8.55. The molecule has 1 fully saturated rings. The van der Waals surface area contributed by atoms with Crippen molar-refractivity contribution in [1.82, 2.24) is 24.3 Å². The Bertz CT molecular complexity index is 1240. The Morgan fingerprint density at radius 1 is 1.21 bits per heavy atom. The summed E-state index contributed by atoms with van der Waals surface area (Å²) in [7, 11) is 3.41. The number of nitrogens with one attached hydrogen (secondary N) is 1. The van der Waals surface area contributed by atoms with Crippen molar-refractivity contribution in [3.8, 4) is 0 Å². The van der Waals surface area contributed by atoms with Gasteiger partial charge in [-0.05, 0) is 30.5 Å². The summed E-state index contributed by atoms with van der Waals surface area (Å²) >= 11 is 0. The Morgan fingerprint density at radius 3 is 2.62 bits per heavy atom. The highest BCUT2D eigenvalue weighted by atomic mass is 16.4. The lowest BCUT2D eigenvalue weighted by Gasteiger charge is -2.31. The van der Waals surface area contributed by atoms with Crippen molar-refractivity contribution in [2.24, 2.45) is 0 Å². The molecule has 34 heavy (non-hydrogen) atoms. The predicted octanol–water partition coefficient (Wildman–Crippen LogP) is 2.21. The van der Waals surface area contributed by atoms with Gasteiger partial charge >= 0.3 is 6.09 Å². The number of carbonyl (C=O) groups excluding carboxylic acids is 2. The molecule has 1 unspecified atom stereocenters. The molecule has 1 atom stereocenters. The SMILES string of the molecule is CN(C)C(=O)Cc1ccc(NC(=O)c2cn(C3CCCN(C(=O)O)C3)c3ncnc(N)c23)cc1. The van der Waals surface area contributed by atoms with E-state index in [2.05, 4.69) is 15.3 Å². The standard InChI is InChI=1S/C23H27N7O4/c1-28(2)18(31)10-14-5-7-15(8-6-14)27-22(32)17-12-30(21-19(17)20(24)25-13-26-21)16-4-3-9-29(11-16)23(33)34/h5-8,12-13,16H,3-4,9-11H2,1-2H3,(H,27,32)(H,33,34)(H2,24,25,26). The molecular weight excluding hydrogens is 438 g/mol. The van der Waals surface area contributed by atoms with Crippen LogP contribution in [0.3, 0.4) is 0 Å². The van der Waals surface area contributed by atoms with E-state index in [4.69, 9.17) is 5.73 Å². The Morgan fingerprint density at radius 2 is 1.94 bits per heavy atom. The first-order valence-corrected chi connectivity index (χ1v) is 10.9. The Labute approximate surface area is 196 Å². The van der Waals surface area contributed by atoms with Crippen molar-refractivity contribution in [1.29, 1.82) is 0 Å². The second-order valence-corrected chi connectivity index (χ2v) is 8.55. The number of hydrogen-bond donors (Lipinski definition) is 3. The van der Waals surface area contributed by atoms with E-state index >= 15 is 0 Å². The molecule has 4 N–H and O–H groups in total. The van der Waals surface area contributed by atoms with E-state index in [0.717, 1.165) is 12.0 Å². The Kier molecular flexibility index (Phi) is 6.35. The summed E-state index contributed by atoms with van der Waals surface area (Å²) in [6.07, 6.45) is 3.78. The minimum absolute atomic E-state index is 0.00996. The normalized spacial score (nSPS) is 15.8. The third-order valence-corrected chi connectivity index (χ3v) is 6.01. The average Bonchev–Trinajstić information content (AvgIpc) is 3.21. The van der Waals surface area contributed by atoms with E-state index in [1.54, 1.807) is 44.6 Å². The number of benzene rings is 1. The number of likely N-dealkylation sites (N-methyl/N-ethyl adjacent to an activating group) is 1. The summed E-state index contributed by atoms with van der Waals surface area (Å²) in [6.45, 7) is 0.781. The molecular formula is C23H27N7O4. The molecule has 178 valence electrons. The molecule has 1 aliphatic heterocycles. The van der Waals surface area contributed by atoms with Gasteiger partial charge in [0.05, 0.1) is 23.4 Å². The number of aromatic nitrogens is 3. The fraction of sp³-hybridized carbons (Fsp3) is 0.348. The van der Waals surface area contributed by atoms with Crippen molar-refractivity contribution in [2.75, 3.05) is 38.2 Å². The molecule has 11 heteroatoms. The van der Waals surface area contributed by atoms with Gasteiger partial charge in [0, 0.05) is 39.1 Å². The number of rotatable bonds is 5. The molecule has 1 saturated heterocycles. The number of hydrogen-bond acceptors (Lipinski definition) is 6. The summed E-state index contributed by atoms with van der Waals surface area (Å²) in [5.74, 6) is -0.213. The molecule has 3 heterocycles. The lowest BCUT2D eigenvalue weighted by molar-refractivity contribution is -0.127. The monoisotopic (exact) mass is 465 g/mol. The van der Waals surface area contributed by atoms with Gasteiger partial charge in [-0.1, -0.05) is 12.1 Å². The maximum absolute atomic E-state index is 13.2. The zero-order valence-electron chi connectivity index (χ0n) is 19.1. The van der Waals surface area contributed by atoms with Crippen molar-refractivity contribution >= 4 is 40.4 Å². The highest BCUT2D eigenvalue weighted by Crippen LogP contribution is 2.31. The number of carboxylic acid groups (broad SMARTS) is 1. The number of fused-ring (bicyclic) bond motifs is 1. The highest BCUT2D eigenvalue weighted by Gasteiger charge is 2.28. The molecule has 4 rings (SSSR count). The summed E-state index contributed by atoms with van der Waals surface area (Å²) < 4.78 is 1.83. The van der Waals surface area contributed by atoms with Crippen LogP contribution in [0.25, 0.3) is 11.0 Å². The predicted molar refractivity (Wildman–Crippen MR) is 127 cm³/mol. The van der Waals surface area contributed by atoms with Crippen LogP contribution in [0.5, 0.6) is 0 Å². The lowest BCUT2D eigenvalue weighted by Crippen LogP contribution is -2.39. The maximum atomic E-state index is 13.2. The Hall–Kier alpha value is -4.15. The molecule has 11 nitrogen and oxygen atoms in total. The van der Waals surface area contributed by atoms with Gasteiger partial charge in [0.15, 0.2) is 0 Å². The van der Waals surface area contributed by atoms with Gasteiger partial charge < -0.3 is 30.5 Å². The largest absolute Gasteiger partial charge is 0.465 e. The Balaban J connectivity index is 1.60. The van der Waals surface area contributed by atoms with E-state index < -0.39 is 6.09 Å². The molecule has 1 aromatic carbocycles. The number of piperidine rings is 1. The summed E-state index contributed by atoms with van der Waals surface area (Å²) in [5, 5.41) is 12.7. The fourth-order valence-corrected chi connectivity index (χ4v) is 4.15. The zero-order valence-corrected chi connectivity index (χ0v) is 19.1. The van der Waals surface area contributed by atoms with Gasteiger partial charge in [-0.3, -0.25) is 9.59 Å². The van der Waals surface area contributed by atoms with Crippen LogP contribution in [-0.4, -0.2) is 74.5 Å². The van der Waals surface area contributed by atoms with Gasteiger partial charge in [-0.15, -0.1) is 0 Å². The summed E-state index contributed by atoms with van der Waals surface area (Å²) in [5.41, 5.74) is 8.32. The summed E-state index contributed by atoms with van der Waals surface area (Å²) in [6, 6.07) is 6.89. The van der Waals surface area contributed by atoms with Gasteiger partial charge in [-0.25, -0.2) is 14.8 Å². The van der Waals surface area contributed by atoms with Crippen LogP contribution in [0.15, 0.2) is 36.8 Å². The number of nitrogen functional groups attached to an aromatic ring is 1. The zero-order chi connectivity index (χ0) is 24.4. The van der Waals surface area contributed by atoms with E-state index in [1.165, 1.54) is 16.1 Å². The number of nitrogens with zero attached hydrogens (tertiary/aromatic N) is 5.